The smallest absolute Gasteiger partial charge is 0.392 e. The molecule has 0 spiro atoms. The fourth-order valence-electron chi connectivity index (χ4n) is 0.931. The number of alkyl halides is 11. The molecule has 1 N–H and O–H groups in total. The van der Waals surface area contributed by atoms with Crippen LogP contribution in [-0.2, 0) is 0 Å². The predicted molar refractivity (Wildman–Crippen MR) is 42.1 cm³/mol. The number of hydrogen-bond acceptors (Lipinski definition) is 1. The molecule has 0 aromatic heterocycles. The molecule has 0 fully saturated rings. The van der Waals surface area contributed by atoms with Gasteiger partial charge in [-0.15, -0.1) is 0 Å². The molecular formula is C8H4F12O. The molecule has 0 saturated heterocycles. The monoisotopic (exact) mass is 344 g/mol. The molecule has 0 atom stereocenters. The molecule has 13 heteroatoms. The van der Waals surface area contributed by atoms with Crippen LogP contribution in [0, 0.1) is 0 Å². The zero-order chi connectivity index (χ0) is 17.5. The van der Waals surface area contributed by atoms with Crippen molar-refractivity contribution in [1.29, 1.82) is 0 Å². The largest absolute Gasteiger partial charge is 0.460 e. The van der Waals surface area contributed by atoms with Crippen molar-refractivity contribution >= 4 is 0 Å². The maximum Gasteiger partial charge on any atom is 0.460 e. The molecule has 0 aromatic carbocycles. The first-order chi connectivity index (χ1) is 8.98. The van der Waals surface area contributed by atoms with Gasteiger partial charge in [-0.3, -0.25) is 0 Å². The van der Waals surface area contributed by atoms with Crippen molar-refractivity contribution < 1.29 is 57.8 Å². The van der Waals surface area contributed by atoms with Gasteiger partial charge in [0.1, 0.15) is 0 Å². The van der Waals surface area contributed by atoms with Gasteiger partial charge in [0.15, 0.2) is 5.83 Å². The second-order valence-corrected chi connectivity index (χ2v) is 3.53. The highest BCUT2D eigenvalue weighted by Crippen LogP contribution is 2.58. The van der Waals surface area contributed by atoms with Crippen LogP contribution in [-0.4, -0.2) is 41.6 Å². The van der Waals surface area contributed by atoms with Crippen LogP contribution < -0.4 is 0 Å². The van der Waals surface area contributed by atoms with Crippen LogP contribution in [0.2, 0.25) is 0 Å². The normalized spacial score (nSPS) is 16.3. The van der Waals surface area contributed by atoms with E-state index in [9.17, 15) is 52.7 Å². The summed E-state index contributed by atoms with van der Waals surface area (Å²) in [5, 5.41) is 7.95. The summed E-state index contributed by atoms with van der Waals surface area (Å²) in [6.07, 6.45) is -8.09. The molecule has 1 nitrogen and oxygen atoms in total. The maximum absolute atomic E-state index is 12.7. The highest BCUT2D eigenvalue weighted by molar-refractivity contribution is 5.17. The minimum Gasteiger partial charge on any atom is -0.392 e. The molecule has 0 aliphatic heterocycles. The molecule has 0 unspecified atom stereocenters. The molecule has 21 heavy (non-hydrogen) atoms. The van der Waals surface area contributed by atoms with Gasteiger partial charge in [0.2, 0.25) is 0 Å². The summed E-state index contributed by atoms with van der Waals surface area (Å²) in [4.78, 5) is 0. The molecule has 0 aromatic rings. The average Bonchev–Trinajstić information content (AvgIpc) is 2.26. The average molecular weight is 344 g/mol. The Morgan fingerprint density at radius 2 is 1.10 bits per heavy atom. The fourth-order valence-corrected chi connectivity index (χ4v) is 0.931. The Balaban J connectivity index is 6.07. The number of aliphatic hydroxyl groups is 1. The first kappa shape index (κ1) is 19.9. The molecule has 0 heterocycles. The van der Waals surface area contributed by atoms with Gasteiger partial charge in [-0.1, -0.05) is 0 Å². The van der Waals surface area contributed by atoms with Gasteiger partial charge in [-0.2, -0.15) is 48.3 Å². The van der Waals surface area contributed by atoms with Crippen molar-refractivity contribution in [3.8, 4) is 0 Å². The van der Waals surface area contributed by atoms with E-state index in [0.717, 1.165) is 0 Å². The number of halogens is 12. The van der Waals surface area contributed by atoms with Gasteiger partial charge in [0.25, 0.3) is 0 Å². The molecule has 0 bridgehead atoms. The van der Waals surface area contributed by atoms with E-state index in [1.165, 1.54) is 0 Å². The third kappa shape index (κ3) is 2.79. The number of rotatable bonds is 5. The van der Waals surface area contributed by atoms with E-state index in [1.54, 1.807) is 0 Å². The highest BCUT2D eigenvalue weighted by Gasteiger charge is 2.87. The Bertz CT molecular complexity index is 406. The Labute approximate surface area is 107 Å². The van der Waals surface area contributed by atoms with E-state index in [2.05, 4.69) is 0 Å². The summed E-state index contributed by atoms with van der Waals surface area (Å²) in [5.41, 5.74) is 0. The SMILES string of the molecule is OCC=C(F)C(F)(F)C(F)(F)C(F)(F)C(F)(F)C(F)(F)F. The highest BCUT2D eigenvalue weighted by atomic mass is 19.4. The van der Waals surface area contributed by atoms with Crippen molar-refractivity contribution in [2.24, 2.45) is 0 Å². The zero-order valence-electron chi connectivity index (χ0n) is 9.27. The molecule has 0 aliphatic rings. The second kappa shape index (κ2) is 5.25. The van der Waals surface area contributed by atoms with Gasteiger partial charge < -0.3 is 5.11 Å². The van der Waals surface area contributed by atoms with E-state index in [4.69, 9.17) is 5.11 Å². The lowest BCUT2D eigenvalue weighted by Gasteiger charge is -2.36. The summed E-state index contributed by atoms with van der Waals surface area (Å²) in [6.45, 7) is -1.72. The molecule has 0 radical (unpaired) electrons. The van der Waals surface area contributed by atoms with Gasteiger partial charge in [0.05, 0.1) is 6.61 Å². The minimum absolute atomic E-state index is 0.796. The Morgan fingerprint density at radius 3 is 1.38 bits per heavy atom. The van der Waals surface area contributed by atoms with Gasteiger partial charge in [0, 0.05) is 0 Å². The summed E-state index contributed by atoms with van der Waals surface area (Å²) in [6, 6.07) is 0. The van der Waals surface area contributed by atoms with Crippen molar-refractivity contribution in [1.82, 2.24) is 0 Å². The number of allylic oxidation sites excluding steroid dienone is 1. The Hall–Kier alpha value is -1.14. The maximum atomic E-state index is 12.7. The van der Waals surface area contributed by atoms with E-state index >= 15 is 0 Å². The van der Waals surface area contributed by atoms with Crippen LogP contribution in [0.3, 0.4) is 0 Å². The Morgan fingerprint density at radius 1 is 0.714 bits per heavy atom. The van der Waals surface area contributed by atoms with E-state index < -0.39 is 48.4 Å². The zero-order valence-corrected chi connectivity index (χ0v) is 9.27. The van der Waals surface area contributed by atoms with Crippen molar-refractivity contribution in [2.45, 2.75) is 29.9 Å². The van der Waals surface area contributed by atoms with Crippen molar-refractivity contribution in [2.75, 3.05) is 6.61 Å². The molecular weight excluding hydrogens is 340 g/mol. The molecule has 0 saturated carbocycles. The summed E-state index contributed by atoms with van der Waals surface area (Å²) in [5.74, 6) is -32.9. The topological polar surface area (TPSA) is 20.2 Å². The van der Waals surface area contributed by atoms with Crippen molar-refractivity contribution in [3.63, 3.8) is 0 Å². The van der Waals surface area contributed by atoms with E-state index in [1.807, 2.05) is 0 Å². The van der Waals surface area contributed by atoms with Gasteiger partial charge in [-0.25, -0.2) is 4.39 Å². The number of hydrogen-bond donors (Lipinski definition) is 1. The summed E-state index contributed by atoms with van der Waals surface area (Å²) >= 11 is 0. The number of aliphatic hydroxyl groups excluding tert-OH is 1. The summed E-state index contributed by atoms with van der Waals surface area (Å²) in [7, 11) is 0. The lowest BCUT2D eigenvalue weighted by Crippen LogP contribution is -2.66. The standard InChI is InChI=1S/C8H4F12O/c9-3(1-2-21)4(10,11)5(12,13)6(14,15)7(16,17)8(18,19)20/h1,21H,2H2. The van der Waals surface area contributed by atoms with Crippen LogP contribution in [0.25, 0.3) is 0 Å². The lowest BCUT2D eigenvalue weighted by molar-refractivity contribution is -0.419. The molecule has 126 valence electrons. The van der Waals surface area contributed by atoms with Crippen molar-refractivity contribution in [3.05, 3.63) is 11.9 Å². The van der Waals surface area contributed by atoms with Gasteiger partial charge >= 0.3 is 29.9 Å². The molecule has 0 rings (SSSR count). The lowest BCUT2D eigenvalue weighted by atomic mass is 9.97. The molecule has 0 amide bonds. The Kier molecular flexibility index (Phi) is 4.96. The van der Waals surface area contributed by atoms with Crippen LogP contribution >= 0.6 is 0 Å². The second-order valence-electron chi connectivity index (χ2n) is 3.53. The third-order valence-corrected chi connectivity index (χ3v) is 2.11. The minimum atomic E-state index is -7.66. The summed E-state index contributed by atoms with van der Waals surface area (Å²) < 4.78 is 148. The first-order valence-corrected chi connectivity index (χ1v) is 4.53. The van der Waals surface area contributed by atoms with E-state index in [0.29, 0.717) is 0 Å². The quantitative estimate of drug-likeness (QED) is 0.750. The van der Waals surface area contributed by atoms with Crippen LogP contribution in [0.4, 0.5) is 52.7 Å². The van der Waals surface area contributed by atoms with Crippen LogP contribution in [0.5, 0.6) is 0 Å². The van der Waals surface area contributed by atoms with Gasteiger partial charge in [-0.05, 0) is 6.08 Å². The van der Waals surface area contributed by atoms with E-state index in [-0.39, 0.29) is 0 Å². The van der Waals surface area contributed by atoms with Crippen LogP contribution in [0.1, 0.15) is 0 Å². The first-order valence-electron chi connectivity index (χ1n) is 4.53. The predicted octanol–water partition coefficient (Wildman–Crippen LogP) is 3.94. The fraction of sp³-hybridized carbons (Fsp3) is 0.750. The molecule has 0 aliphatic carbocycles. The third-order valence-electron chi connectivity index (χ3n) is 2.11. The van der Waals surface area contributed by atoms with Crippen LogP contribution in [0.15, 0.2) is 11.9 Å².